The normalized spacial score (nSPS) is 12.4. The maximum atomic E-state index is 13.3. The molecule has 9 heteroatoms. The van der Waals surface area contributed by atoms with Crippen LogP contribution in [0.1, 0.15) is 37.8 Å². The number of carbonyl (C=O) groups is 2. The van der Waals surface area contributed by atoms with Crippen molar-refractivity contribution in [2.75, 3.05) is 20.1 Å². The molecule has 7 nitrogen and oxygen atoms in total. The van der Waals surface area contributed by atoms with E-state index in [1.54, 1.807) is 43.3 Å². The Labute approximate surface area is 201 Å². The number of amides is 2. The summed E-state index contributed by atoms with van der Waals surface area (Å²) in [4.78, 5) is 27.4. The van der Waals surface area contributed by atoms with Crippen molar-refractivity contribution in [3.63, 3.8) is 0 Å². The Balaban J connectivity index is 2.24. The predicted molar refractivity (Wildman–Crippen MR) is 130 cm³/mol. The Bertz CT molecular complexity index is 1060. The third-order valence-corrected chi connectivity index (χ3v) is 7.38. The Morgan fingerprint density at radius 1 is 1.12 bits per heavy atom. The molecule has 2 rings (SSSR count). The number of aryl methyl sites for hydroxylation is 1. The number of likely N-dealkylation sites (N-methyl/N-ethyl adjacent to an activating group) is 1. The molecule has 33 heavy (non-hydrogen) atoms. The SMILES string of the molecule is CCCCNC(=O)[C@H](C)N(Cc1cccc(Cl)c1)C(=O)CN(C)S(=O)(=O)c1ccc(C)cc1. The number of sulfonamides is 1. The summed E-state index contributed by atoms with van der Waals surface area (Å²) >= 11 is 6.09. The number of hydrogen-bond donors (Lipinski definition) is 1. The molecule has 0 radical (unpaired) electrons. The minimum atomic E-state index is -3.86. The van der Waals surface area contributed by atoms with Gasteiger partial charge in [-0.2, -0.15) is 4.31 Å². The monoisotopic (exact) mass is 493 g/mol. The summed E-state index contributed by atoms with van der Waals surface area (Å²) < 4.78 is 26.9. The van der Waals surface area contributed by atoms with Crippen LogP contribution in [0.5, 0.6) is 0 Å². The van der Waals surface area contributed by atoms with Gasteiger partial charge in [-0.15, -0.1) is 0 Å². The van der Waals surface area contributed by atoms with Gasteiger partial charge in [0.05, 0.1) is 11.4 Å². The second-order valence-corrected chi connectivity index (χ2v) is 10.5. The van der Waals surface area contributed by atoms with E-state index in [2.05, 4.69) is 5.32 Å². The Hall–Kier alpha value is -2.42. The quantitative estimate of drug-likeness (QED) is 0.484. The van der Waals surface area contributed by atoms with Gasteiger partial charge in [0.25, 0.3) is 0 Å². The van der Waals surface area contributed by atoms with Gasteiger partial charge in [0.1, 0.15) is 6.04 Å². The Morgan fingerprint density at radius 3 is 2.39 bits per heavy atom. The number of hydrogen-bond acceptors (Lipinski definition) is 4. The number of unbranched alkanes of at least 4 members (excludes halogenated alkanes) is 1. The summed E-state index contributed by atoms with van der Waals surface area (Å²) in [5, 5.41) is 3.35. The lowest BCUT2D eigenvalue weighted by atomic mass is 10.1. The fourth-order valence-corrected chi connectivity index (χ4v) is 4.54. The average Bonchev–Trinajstić information content (AvgIpc) is 2.77. The van der Waals surface area contributed by atoms with Crippen LogP contribution >= 0.6 is 11.6 Å². The summed E-state index contributed by atoms with van der Waals surface area (Å²) in [5.74, 6) is -0.769. The van der Waals surface area contributed by atoms with Crippen LogP contribution in [0.25, 0.3) is 0 Å². The van der Waals surface area contributed by atoms with Crippen molar-refractivity contribution >= 4 is 33.4 Å². The molecule has 0 saturated heterocycles. The molecule has 0 unspecified atom stereocenters. The first-order valence-corrected chi connectivity index (χ1v) is 12.7. The van der Waals surface area contributed by atoms with E-state index in [-0.39, 0.29) is 17.3 Å². The van der Waals surface area contributed by atoms with Gasteiger partial charge in [0, 0.05) is 25.2 Å². The van der Waals surface area contributed by atoms with E-state index >= 15 is 0 Å². The van der Waals surface area contributed by atoms with Crippen LogP contribution in [0.15, 0.2) is 53.4 Å². The van der Waals surface area contributed by atoms with E-state index < -0.39 is 28.5 Å². The van der Waals surface area contributed by atoms with Crippen molar-refractivity contribution in [3.05, 3.63) is 64.7 Å². The van der Waals surface area contributed by atoms with Gasteiger partial charge in [-0.05, 0) is 50.1 Å². The first-order chi connectivity index (χ1) is 15.6. The van der Waals surface area contributed by atoms with E-state index in [9.17, 15) is 18.0 Å². The molecule has 0 spiro atoms. The molecule has 180 valence electrons. The van der Waals surface area contributed by atoms with Crippen LogP contribution in [-0.2, 0) is 26.2 Å². The molecule has 0 fully saturated rings. The second kappa shape index (κ2) is 12.2. The third kappa shape index (κ3) is 7.55. The van der Waals surface area contributed by atoms with Gasteiger partial charge >= 0.3 is 0 Å². The van der Waals surface area contributed by atoms with Crippen molar-refractivity contribution < 1.29 is 18.0 Å². The molecule has 1 N–H and O–H groups in total. The van der Waals surface area contributed by atoms with Gasteiger partial charge in [0.2, 0.25) is 21.8 Å². The maximum absolute atomic E-state index is 13.3. The molecule has 0 aliphatic heterocycles. The molecule has 0 bridgehead atoms. The first kappa shape index (κ1) is 26.8. The molecule has 0 aliphatic rings. The molecule has 0 aliphatic carbocycles. The zero-order valence-corrected chi connectivity index (χ0v) is 21.1. The van der Waals surface area contributed by atoms with Crippen LogP contribution in [0.4, 0.5) is 0 Å². The average molecular weight is 494 g/mol. The number of halogens is 1. The largest absolute Gasteiger partial charge is 0.354 e. The molecule has 0 aromatic heterocycles. The number of nitrogens with one attached hydrogen (secondary N) is 1. The molecule has 0 saturated carbocycles. The molecular formula is C24H32ClN3O4S. The van der Waals surface area contributed by atoms with Crippen LogP contribution in [0, 0.1) is 6.92 Å². The third-order valence-electron chi connectivity index (χ3n) is 5.33. The van der Waals surface area contributed by atoms with Crippen molar-refractivity contribution in [3.8, 4) is 0 Å². The summed E-state index contributed by atoms with van der Waals surface area (Å²) in [6.45, 7) is 5.77. The zero-order valence-electron chi connectivity index (χ0n) is 19.5. The zero-order chi connectivity index (χ0) is 24.6. The van der Waals surface area contributed by atoms with Gasteiger partial charge < -0.3 is 10.2 Å². The van der Waals surface area contributed by atoms with Gasteiger partial charge in [-0.25, -0.2) is 8.42 Å². The van der Waals surface area contributed by atoms with Gasteiger partial charge in [-0.1, -0.05) is 54.8 Å². The molecule has 2 aromatic carbocycles. The van der Waals surface area contributed by atoms with Gasteiger partial charge in [0.15, 0.2) is 0 Å². The van der Waals surface area contributed by atoms with Gasteiger partial charge in [-0.3, -0.25) is 9.59 Å². The molecule has 1 atom stereocenters. The van der Waals surface area contributed by atoms with Crippen molar-refractivity contribution in [2.45, 2.75) is 51.1 Å². The van der Waals surface area contributed by atoms with Crippen LogP contribution in [0.2, 0.25) is 5.02 Å². The second-order valence-electron chi connectivity index (χ2n) is 8.05. The van der Waals surface area contributed by atoms with E-state index in [1.165, 1.54) is 24.1 Å². The topological polar surface area (TPSA) is 86.8 Å². The minimum absolute atomic E-state index is 0.107. The van der Waals surface area contributed by atoms with Crippen LogP contribution in [0.3, 0.4) is 0 Å². The lowest BCUT2D eigenvalue weighted by Crippen LogP contribution is -2.50. The molecular weight excluding hydrogens is 462 g/mol. The number of benzene rings is 2. The smallest absolute Gasteiger partial charge is 0.243 e. The van der Waals surface area contributed by atoms with Crippen molar-refractivity contribution in [2.24, 2.45) is 0 Å². The fourth-order valence-electron chi connectivity index (χ4n) is 3.21. The Morgan fingerprint density at radius 2 is 1.79 bits per heavy atom. The van der Waals surface area contributed by atoms with E-state index in [0.29, 0.717) is 11.6 Å². The number of nitrogens with zero attached hydrogens (tertiary/aromatic N) is 2. The lowest BCUT2D eigenvalue weighted by molar-refractivity contribution is -0.140. The summed E-state index contributed by atoms with van der Waals surface area (Å²) in [6.07, 6.45) is 1.76. The van der Waals surface area contributed by atoms with E-state index in [4.69, 9.17) is 11.6 Å². The molecule has 2 aromatic rings. The summed E-state index contributed by atoms with van der Waals surface area (Å²) in [5.41, 5.74) is 1.68. The Kier molecular flexibility index (Phi) is 9.88. The minimum Gasteiger partial charge on any atom is -0.354 e. The fraction of sp³-hybridized carbons (Fsp3) is 0.417. The van der Waals surface area contributed by atoms with Crippen molar-refractivity contribution in [1.82, 2.24) is 14.5 Å². The summed E-state index contributed by atoms with van der Waals surface area (Å²) in [7, 11) is -2.51. The lowest BCUT2D eigenvalue weighted by Gasteiger charge is -2.30. The van der Waals surface area contributed by atoms with Crippen LogP contribution in [-0.4, -0.2) is 55.6 Å². The number of carbonyl (C=O) groups excluding carboxylic acids is 2. The first-order valence-electron chi connectivity index (χ1n) is 10.9. The number of rotatable bonds is 11. The maximum Gasteiger partial charge on any atom is 0.243 e. The predicted octanol–water partition coefficient (Wildman–Crippen LogP) is 3.60. The molecule has 2 amide bonds. The highest BCUT2D eigenvalue weighted by Gasteiger charge is 2.30. The molecule has 0 heterocycles. The summed E-state index contributed by atoms with van der Waals surface area (Å²) in [6, 6.07) is 12.7. The highest BCUT2D eigenvalue weighted by molar-refractivity contribution is 7.89. The highest BCUT2D eigenvalue weighted by atomic mass is 35.5. The highest BCUT2D eigenvalue weighted by Crippen LogP contribution is 2.18. The standard InChI is InChI=1S/C24H32ClN3O4S/c1-5-6-14-26-24(30)19(3)28(16-20-8-7-9-21(25)15-20)23(29)17-27(4)33(31,32)22-12-10-18(2)11-13-22/h7-13,15,19H,5-6,14,16-17H2,1-4H3,(H,26,30)/t19-/m0/s1. The van der Waals surface area contributed by atoms with E-state index in [0.717, 1.165) is 28.3 Å². The van der Waals surface area contributed by atoms with Crippen molar-refractivity contribution in [1.29, 1.82) is 0 Å². The van der Waals surface area contributed by atoms with Crippen LogP contribution < -0.4 is 5.32 Å². The van der Waals surface area contributed by atoms with E-state index in [1.807, 2.05) is 13.8 Å².